The van der Waals surface area contributed by atoms with Crippen molar-refractivity contribution in [3.8, 4) is 5.75 Å². The number of hydrogen-bond donors (Lipinski definition) is 3. The lowest BCUT2D eigenvalue weighted by Crippen LogP contribution is -2.34. The third-order valence-electron chi connectivity index (χ3n) is 4.48. The van der Waals surface area contributed by atoms with E-state index in [2.05, 4.69) is 15.6 Å². The summed E-state index contributed by atoms with van der Waals surface area (Å²) >= 11 is 0. The molecule has 1 aromatic carbocycles. The maximum atomic E-state index is 15.0. The third-order valence-corrected chi connectivity index (χ3v) is 4.48. The minimum atomic E-state index is -0.701. The van der Waals surface area contributed by atoms with E-state index in [1.54, 1.807) is 52.9 Å². The number of ether oxygens (including phenoxy) is 3. The quantitative estimate of drug-likeness (QED) is 0.414. The van der Waals surface area contributed by atoms with Crippen molar-refractivity contribution in [1.29, 1.82) is 0 Å². The normalized spacial score (nSPS) is 11.7. The van der Waals surface area contributed by atoms with E-state index in [9.17, 15) is 18.4 Å². The number of anilines is 1. The van der Waals surface area contributed by atoms with Crippen LogP contribution >= 0.6 is 0 Å². The lowest BCUT2D eigenvalue weighted by atomic mass is 10.1. The minimum absolute atomic E-state index is 0.0696. The summed E-state index contributed by atoms with van der Waals surface area (Å²) in [4.78, 5) is 26.7. The van der Waals surface area contributed by atoms with Crippen LogP contribution in [-0.2, 0) is 16.0 Å². The molecule has 2 aromatic rings. The summed E-state index contributed by atoms with van der Waals surface area (Å²) in [6, 6.07) is 4.59. The van der Waals surface area contributed by atoms with Gasteiger partial charge in [-0.2, -0.15) is 0 Å². The summed E-state index contributed by atoms with van der Waals surface area (Å²) in [6.45, 7) is 8.50. The molecule has 1 aromatic heterocycles. The minimum Gasteiger partial charge on any atom is -0.486 e. The number of carbonyl (C=O) groups is 2. The predicted molar refractivity (Wildman–Crippen MR) is 124 cm³/mol. The number of carbonyl (C=O) groups excluding carboxylic acids is 2. The number of aryl methyl sites for hydroxylation is 1. The van der Waals surface area contributed by atoms with Crippen molar-refractivity contribution >= 4 is 17.7 Å². The highest BCUT2D eigenvalue weighted by atomic mass is 19.1. The fraction of sp³-hybridized carbons (Fsp3) is 0.417. The van der Waals surface area contributed by atoms with E-state index in [0.717, 1.165) is 5.56 Å². The van der Waals surface area contributed by atoms with Gasteiger partial charge >= 0.3 is 12.1 Å². The monoisotopic (exact) mass is 479 g/mol. The summed E-state index contributed by atoms with van der Waals surface area (Å²) < 4.78 is 43.7. The molecule has 3 N–H and O–H groups in total. The molecule has 0 bridgehead atoms. The number of alkyl carbamates (subject to hydrolysis) is 1. The first-order valence-electron chi connectivity index (χ1n) is 10.8. The number of halogens is 2. The molecule has 0 aliphatic carbocycles. The van der Waals surface area contributed by atoms with Gasteiger partial charge in [-0.05, 0) is 46.2 Å². The first-order chi connectivity index (χ1) is 16.1. The lowest BCUT2D eigenvalue weighted by Gasteiger charge is -2.20. The zero-order valence-corrected chi connectivity index (χ0v) is 20.0. The third kappa shape index (κ3) is 7.79. The van der Waals surface area contributed by atoms with Crippen molar-refractivity contribution in [2.45, 2.75) is 46.8 Å². The van der Waals surface area contributed by atoms with E-state index in [1.165, 1.54) is 6.07 Å². The zero-order chi connectivity index (χ0) is 25.3. The van der Waals surface area contributed by atoms with Crippen LogP contribution in [0.15, 0.2) is 36.3 Å². The van der Waals surface area contributed by atoms with E-state index in [4.69, 9.17) is 14.2 Å². The fourth-order valence-electron chi connectivity index (χ4n) is 2.89. The molecular formula is C24H31F2N3O5. The van der Waals surface area contributed by atoms with Gasteiger partial charge in [0.15, 0.2) is 11.6 Å². The van der Waals surface area contributed by atoms with Crippen LogP contribution in [0.2, 0.25) is 0 Å². The smallest absolute Gasteiger partial charge is 0.407 e. The van der Waals surface area contributed by atoms with Gasteiger partial charge in [-0.3, -0.25) is 0 Å². The molecule has 0 saturated carbocycles. The summed E-state index contributed by atoms with van der Waals surface area (Å²) in [5.74, 6) is -1.22. The summed E-state index contributed by atoms with van der Waals surface area (Å²) in [6.07, 6.45) is 1.25. The number of amides is 1. The van der Waals surface area contributed by atoms with Gasteiger partial charge in [0.25, 0.3) is 0 Å². The van der Waals surface area contributed by atoms with Crippen LogP contribution in [-0.4, -0.2) is 42.4 Å². The Balaban J connectivity index is 1.99. The van der Waals surface area contributed by atoms with E-state index in [-0.39, 0.29) is 48.9 Å². The average molecular weight is 480 g/mol. The Morgan fingerprint density at radius 3 is 2.62 bits per heavy atom. The van der Waals surface area contributed by atoms with E-state index >= 15 is 0 Å². The molecule has 0 saturated heterocycles. The summed E-state index contributed by atoms with van der Waals surface area (Å²) in [5.41, 5.74) is 1.23. The van der Waals surface area contributed by atoms with Crippen molar-refractivity contribution in [3.05, 3.63) is 58.9 Å². The molecule has 0 aliphatic rings. The van der Waals surface area contributed by atoms with Gasteiger partial charge in [0, 0.05) is 30.4 Å². The number of benzene rings is 1. The first kappa shape index (κ1) is 26.7. The molecular weight excluding hydrogens is 448 g/mol. The second kappa shape index (κ2) is 12.1. The van der Waals surface area contributed by atoms with Gasteiger partial charge in [-0.25, -0.2) is 18.4 Å². The number of aromatic amines is 1. The highest BCUT2D eigenvalue weighted by Crippen LogP contribution is 2.25. The lowest BCUT2D eigenvalue weighted by molar-refractivity contribution is 0.0514. The van der Waals surface area contributed by atoms with Crippen LogP contribution < -0.4 is 15.4 Å². The van der Waals surface area contributed by atoms with Gasteiger partial charge in [0.2, 0.25) is 0 Å². The molecule has 2 rings (SSSR count). The van der Waals surface area contributed by atoms with Crippen molar-refractivity contribution in [2.75, 3.05) is 25.1 Å². The zero-order valence-electron chi connectivity index (χ0n) is 20.0. The van der Waals surface area contributed by atoms with Gasteiger partial charge in [0.1, 0.15) is 17.9 Å². The van der Waals surface area contributed by atoms with Crippen LogP contribution in [0.1, 0.15) is 49.3 Å². The van der Waals surface area contributed by atoms with Crippen LogP contribution in [0.25, 0.3) is 0 Å². The molecule has 34 heavy (non-hydrogen) atoms. The molecule has 10 heteroatoms. The Kier molecular flexibility index (Phi) is 9.47. The number of aromatic nitrogens is 1. The molecule has 8 nitrogen and oxygen atoms in total. The van der Waals surface area contributed by atoms with E-state index < -0.39 is 23.5 Å². The molecule has 1 amide bonds. The van der Waals surface area contributed by atoms with Crippen molar-refractivity contribution < 1.29 is 32.6 Å². The highest BCUT2D eigenvalue weighted by Gasteiger charge is 2.18. The Labute approximate surface area is 197 Å². The molecule has 0 radical (unpaired) electrons. The Morgan fingerprint density at radius 2 is 1.97 bits per heavy atom. The van der Waals surface area contributed by atoms with Crippen LogP contribution in [0.4, 0.5) is 19.3 Å². The molecule has 0 spiro atoms. The number of esters is 1. The second-order valence-electron chi connectivity index (χ2n) is 8.44. The van der Waals surface area contributed by atoms with E-state index in [0.29, 0.717) is 12.0 Å². The van der Waals surface area contributed by atoms with Gasteiger partial charge in [-0.15, -0.1) is 0 Å². The van der Waals surface area contributed by atoms with Gasteiger partial charge < -0.3 is 29.8 Å². The van der Waals surface area contributed by atoms with Gasteiger partial charge in [0.05, 0.1) is 18.6 Å². The van der Waals surface area contributed by atoms with Crippen LogP contribution in [0.3, 0.4) is 0 Å². The molecule has 186 valence electrons. The fourth-order valence-corrected chi connectivity index (χ4v) is 2.89. The largest absolute Gasteiger partial charge is 0.486 e. The van der Waals surface area contributed by atoms with Crippen molar-refractivity contribution in [3.63, 3.8) is 0 Å². The highest BCUT2D eigenvalue weighted by molar-refractivity contribution is 5.94. The molecule has 0 atom stereocenters. The number of nitrogens with one attached hydrogen (secondary N) is 3. The number of H-pyrrole nitrogens is 1. The summed E-state index contributed by atoms with van der Waals surface area (Å²) in [7, 11) is 0. The molecule has 1 heterocycles. The standard InChI is InChI=1S/C24H31F2N3O5/c1-6-32-22(30)21-20(15(2)11-27-21)28-13-17-8-7-9-18(19(17)26)33-14-16(10-25)12-29-23(31)34-24(3,4)5/h7-11,27-28H,6,12-14H2,1-5H3,(H,29,31)/b16-10+. The topological polar surface area (TPSA) is 102 Å². The molecule has 0 fully saturated rings. The van der Waals surface area contributed by atoms with Crippen molar-refractivity contribution in [2.24, 2.45) is 0 Å². The van der Waals surface area contributed by atoms with Crippen LogP contribution in [0, 0.1) is 12.7 Å². The number of rotatable bonds is 10. The maximum absolute atomic E-state index is 15.0. The van der Waals surface area contributed by atoms with Crippen LogP contribution in [0.5, 0.6) is 5.75 Å². The first-order valence-corrected chi connectivity index (χ1v) is 10.8. The molecule has 0 unspecified atom stereocenters. The Hall–Kier alpha value is -3.56. The van der Waals surface area contributed by atoms with Crippen molar-refractivity contribution in [1.82, 2.24) is 10.3 Å². The Bertz CT molecular complexity index is 1030. The SMILES string of the molecule is CCOC(=O)c1[nH]cc(C)c1NCc1cccc(OC/C(=C/F)CNC(=O)OC(C)(C)C)c1F. The second-order valence-corrected chi connectivity index (χ2v) is 8.44. The average Bonchev–Trinajstić information content (AvgIpc) is 3.13. The predicted octanol–water partition coefficient (Wildman–Crippen LogP) is 5.01. The van der Waals surface area contributed by atoms with E-state index in [1.807, 2.05) is 0 Å². The van der Waals surface area contributed by atoms with Gasteiger partial charge in [-0.1, -0.05) is 12.1 Å². The summed E-state index contributed by atoms with van der Waals surface area (Å²) in [5, 5.41) is 5.48. The Morgan fingerprint density at radius 1 is 1.24 bits per heavy atom. The molecule has 0 aliphatic heterocycles. The maximum Gasteiger partial charge on any atom is 0.407 e. The number of hydrogen-bond acceptors (Lipinski definition) is 6.